The lowest BCUT2D eigenvalue weighted by Gasteiger charge is -2.07. The van der Waals surface area contributed by atoms with E-state index >= 15 is 0 Å². The predicted octanol–water partition coefficient (Wildman–Crippen LogP) is 4.49. The summed E-state index contributed by atoms with van der Waals surface area (Å²) in [6, 6.07) is 5.62. The Bertz CT molecular complexity index is 634. The van der Waals surface area contributed by atoms with Crippen LogP contribution in [0, 0.1) is 0 Å². The Kier molecular flexibility index (Phi) is 3.90. The van der Waals surface area contributed by atoms with Crippen molar-refractivity contribution in [2.24, 2.45) is 0 Å². The van der Waals surface area contributed by atoms with Crippen molar-refractivity contribution in [2.45, 2.75) is 32.6 Å². The molecule has 106 valence electrons. The molecule has 1 aromatic heterocycles. The number of unbranched alkanes of at least 4 members (excludes halogenated alkanes) is 1. The Balaban J connectivity index is 2.03. The molecule has 5 heteroatoms. The SMILES string of the molecule is CCCCc1nn(-c2ccc(Cl)c(Cl)c2)c2c1CCN2. The summed E-state index contributed by atoms with van der Waals surface area (Å²) in [4.78, 5) is 0. The van der Waals surface area contributed by atoms with Crippen LogP contribution in [0.15, 0.2) is 18.2 Å². The predicted molar refractivity (Wildman–Crippen MR) is 84.4 cm³/mol. The Labute approximate surface area is 128 Å². The van der Waals surface area contributed by atoms with Crippen molar-refractivity contribution in [3.63, 3.8) is 0 Å². The Morgan fingerprint density at radius 3 is 2.90 bits per heavy atom. The van der Waals surface area contributed by atoms with E-state index in [1.165, 1.54) is 24.1 Å². The molecule has 0 atom stereocenters. The second-order valence-corrected chi connectivity index (χ2v) is 5.88. The first-order valence-electron chi connectivity index (χ1n) is 7.00. The molecule has 0 aliphatic carbocycles. The van der Waals surface area contributed by atoms with Gasteiger partial charge in [-0.1, -0.05) is 36.5 Å². The molecule has 0 radical (unpaired) electrons. The van der Waals surface area contributed by atoms with Gasteiger partial charge in [0, 0.05) is 12.1 Å². The first kappa shape index (κ1) is 13.8. The zero-order valence-corrected chi connectivity index (χ0v) is 12.9. The van der Waals surface area contributed by atoms with E-state index in [0.717, 1.165) is 30.9 Å². The number of fused-ring (bicyclic) bond motifs is 1. The van der Waals surface area contributed by atoms with Gasteiger partial charge in [-0.15, -0.1) is 0 Å². The number of nitrogens with zero attached hydrogens (tertiary/aromatic N) is 2. The summed E-state index contributed by atoms with van der Waals surface area (Å²) >= 11 is 12.1. The molecule has 0 fully saturated rings. The highest BCUT2D eigenvalue weighted by atomic mass is 35.5. The lowest BCUT2D eigenvalue weighted by Crippen LogP contribution is -2.05. The minimum Gasteiger partial charge on any atom is -0.369 e. The fourth-order valence-corrected chi connectivity index (χ4v) is 2.89. The summed E-state index contributed by atoms with van der Waals surface area (Å²) in [5.41, 5.74) is 3.51. The summed E-state index contributed by atoms with van der Waals surface area (Å²) in [5, 5.41) is 9.31. The zero-order chi connectivity index (χ0) is 14.1. The monoisotopic (exact) mass is 309 g/mol. The van der Waals surface area contributed by atoms with Gasteiger partial charge >= 0.3 is 0 Å². The average Bonchev–Trinajstić information content (AvgIpc) is 3.02. The molecular formula is C15H17Cl2N3. The van der Waals surface area contributed by atoms with Gasteiger partial charge in [0.25, 0.3) is 0 Å². The van der Waals surface area contributed by atoms with Gasteiger partial charge in [-0.2, -0.15) is 5.10 Å². The highest BCUT2D eigenvalue weighted by molar-refractivity contribution is 6.42. The minimum absolute atomic E-state index is 0.557. The molecule has 2 aromatic rings. The van der Waals surface area contributed by atoms with E-state index in [1.807, 2.05) is 22.9 Å². The molecule has 20 heavy (non-hydrogen) atoms. The number of aryl methyl sites for hydroxylation is 1. The average molecular weight is 310 g/mol. The molecular weight excluding hydrogens is 293 g/mol. The minimum atomic E-state index is 0.557. The first-order chi connectivity index (χ1) is 9.70. The van der Waals surface area contributed by atoms with Crippen LogP contribution < -0.4 is 5.32 Å². The summed E-state index contributed by atoms with van der Waals surface area (Å²) in [6.45, 7) is 3.18. The Morgan fingerprint density at radius 1 is 1.30 bits per heavy atom. The Morgan fingerprint density at radius 2 is 2.15 bits per heavy atom. The van der Waals surface area contributed by atoms with Gasteiger partial charge in [0.2, 0.25) is 0 Å². The largest absolute Gasteiger partial charge is 0.369 e. The summed E-state index contributed by atoms with van der Waals surface area (Å²) < 4.78 is 1.95. The van der Waals surface area contributed by atoms with Crippen LogP contribution in [0.1, 0.15) is 31.0 Å². The van der Waals surface area contributed by atoms with E-state index in [1.54, 1.807) is 0 Å². The highest BCUT2D eigenvalue weighted by Gasteiger charge is 2.22. The molecule has 1 N–H and O–H groups in total. The van der Waals surface area contributed by atoms with E-state index in [9.17, 15) is 0 Å². The quantitative estimate of drug-likeness (QED) is 0.901. The fraction of sp³-hybridized carbons (Fsp3) is 0.400. The lowest BCUT2D eigenvalue weighted by atomic mass is 10.1. The number of halogens is 2. The number of benzene rings is 1. The van der Waals surface area contributed by atoms with E-state index in [2.05, 4.69) is 12.2 Å². The third-order valence-corrected chi connectivity index (χ3v) is 4.39. The normalized spacial score (nSPS) is 13.3. The Hall–Kier alpha value is -1.19. The van der Waals surface area contributed by atoms with Gasteiger partial charge in [0.1, 0.15) is 5.82 Å². The van der Waals surface area contributed by atoms with Gasteiger partial charge in [0.05, 0.1) is 21.4 Å². The highest BCUT2D eigenvalue weighted by Crippen LogP contribution is 2.31. The van der Waals surface area contributed by atoms with E-state index in [4.69, 9.17) is 28.3 Å². The van der Waals surface area contributed by atoms with Crippen LogP contribution in [0.2, 0.25) is 10.0 Å². The summed E-state index contributed by atoms with van der Waals surface area (Å²) in [7, 11) is 0. The van der Waals surface area contributed by atoms with Gasteiger partial charge in [-0.25, -0.2) is 4.68 Å². The van der Waals surface area contributed by atoms with E-state index < -0.39 is 0 Å². The number of nitrogens with one attached hydrogen (secondary N) is 1. The maximum Gasteiger partial charge on any atom is 0.133 e. The van der Waals surface area contributed by atoms with Crippen molar-refractivity contribution in [1.29, 1.82) is 0 Å². The molecule has 1 aromatic carbocycles. The van der Waals surface area contributed by atoms with Crippen LogP contribution in [0.3, 0.4) is 0 Å². The fourth-order valence-electron chi connectivity index (χ4n) is 2.59. The van der Waals surface area contributed by atoms with Crippen LogP contribution in [0.5, 0.6) is 0 Å². The third kappa shape index (κ3) is 2.40. The number of rotatable bonds is 4. The zero-order valence-electron chi connectivity index (χ0n) is 11.4. The molecule has 0 saturated heterocycles. The van der Waals surface area contributed by atoms with Crippen LogP contribution in [-0.4, -0.2) is 16.3 Å². The molecule has 0 saturated carbocycles. The number of aromatic nitrogens is 2. The topological polar surface area (TPSA) is 29.9 Å². The molecule has 3 rings (SSSR count). The van der Waals surface area contributed by atoms with Crippen molar-refractivity contribution < 1.29 is 0 Å². The second-order valence-electron chi connectivity index (χ2n) is 5.06. The van der Waals surface area contributed by atoms with Crippen LogP contribution in [0.4, 0.5) is 5.82 Å². The third-order valence-electron chi connectivity index (χ3n) is 3.65. The second kappa shape index (κ2) is 5.66. The maximum absolute atomic E-state index is 6.11. The smallest absolute Gasteiger partial charge is 0.133 e. The van der Waals surface area contributed by atoms with Crippen LogP contribution in [0.25, 0.3) is 5.69 Å². The van der Waals surface area contributed by atoms with Gasteiger partial charge in [-0.05, 0) is 37.5 Å². The van der Waals surface area contributed by atoms with Crippen LogP contribution in [-0.2, 0) is 12.8 Å². The van der Waals surface area contributed by atoms with Crippen molar-refractivity contribution in [3.8, 4) is 5.69 Å². The molecule has 0 spiro atoms. The van der Waals surface area contributed by atoms with Crippen molar-refractivity contribution in [2.75, 3.05) is 11.9 Å². The van der Waals surface area contributed by atoms with Gasteiger partial charge in [0.15, 0.2) is 0 Å². The molecule has 0 unspecified atom stereocenters. The van der Waals surface area contributed by atoms with Crippen LogP contribution >= 0.6 is 23.2 Å². The number of anilines is 1. The summed E-state index contributed by atoms with van der Waals surface area (Å²) in [6.07, 6.45) is 4.44. The van der Waals surface area contributed by atoms with E-state index in [0.29, 0.717) is 10.0 Å². The maximum atomic E-state index is 6.11. The number of hydrogen-bond acceptors (Lipinski definition) is 2. The van der Waals surface area contributed by atoms with Crippen molar-refractivity contribution in [1.82, 2.24) is 9.78 Å². The van der Waals surface area contributed by atoms with Crippen molar-refractivity contribution in [3.05, 3.63) is 39.5 Å². The van der Waals surface area contributed by atoms with Gasteiger partial charge in [-0.3, -0.25) is 0 Å². The summed E-state index contributed by atoms with van der Waals surface area (Å²) in [5.74, 6) is 1.11. The number of hydrogen-bond donors (Lipinski definition) is 1. The van der Waals surface area contributed by atoms with Gasteiger partial charge < -0.3 is 5.32 Å². The first-order valence-corrected chi connectivity index (χ1v) is 7.76. The van der Waals surface area contributed by atoms with E-state index in [-0.39, 0.29) is 0 Å². The molecule has 2 heterocycles. The lowest BCUT2D eigenvalue weighted by molar-refractivity contribution is 0.744. The standard InChI is InChI=1S/C15H17Cl2N3/c1-2-3-4-14-11-7-8-18-15(11)20(19-14)10-5-6-12(16)13(17)9-10/h5-6,9,18H,2-4,7-8H2,1H3. The molecule has 1 aliphatic rings. The molecule has 1 aliphatic heterocycles. The molecule has 3 nitrogen and oxygen atoms in total. The molecule has 0 amide bonds. The van der Waals surface area contributed by atoms with Crippen molar-refractivity contribution >= 4 is 29.0 Å². The molecule has 0 bridgehead atoms.